The maximum Gasteiger partial charge on any atom is 0.142 e. The molecule has 33 heavy (non-hydrogen) atoms. The van der Waals surface area contributed by atoms with Crippen LogP contribution in [0.2, 0.25) is 10.0 Å². The Bertz CT molecular complexity index is 1460. The van der Waals surface area contributed by atoms with E-state index in [9.17, 15) is 4.39 Å². The van der Waals surface area contributed by atoms with Crippen molar-refractivity contribution >= 4 is 62.6 Å². The summed E-state index contributed by atoms with van der Waals surface area (Å²) < 4.78 is 25.8. The molecule has 0 radical (unpaired) electrons. The van der Waals surface area contributed by atoms with Gasteiger partial charge in [0, 0.05) is 48.2 Å². The molecule has 3 aromatic carbocycles. The average Bonchev–Trinajstić information content (AvgIpc) is 3.35. The van der Waals surface area contributed by atoms with Gasteiger partial charge in [-0.05, 0) is 47.8 Å². The van der Waals surface area contributed by atoms with Crippen molar-refractivity contribution in [2.45, 2.75) is 11.3 Å². The Kier molecular flexibility index (Phi) is 6.15. The first-order valence-corrected chi connectivity index (χ1v) is 11.9. The number of aryl methyl sites for hydroxylation is 1. The van der Waals surface area contributed by atoms with E-state index in [2.05, 4.69) is 32.6 Å². The topological polar surface area (TPSA) is 42.0 Å². The monoisotopic (exact) mass is 499 g/mol. The van der Waals surface area contributed by atoms with Crippen molar-refractivity contribution in [1.29, 1.82) is 0 Å². The second kappa shape index (κ2) is 9.21. The summed E-state index contributed by atoms with van der Waals surface area (Å²) in [7, 11) is 2.03. The first-order valence-electron chi connectivity index (χ1n) is 10.3. The minimum Gasteiger partial charge on any atom is -0.493 e. The molecule has 5 aromatic rings. The molecule has 0 aliphatic rings. The lowest BCUT2D eigenvalue weighted by atomic mass is 10.1. The van der Waals surface area contributed by atoms with Gasteiger partial charge in [0.1, 0.15) is 11.6 Å². The first kappa shape index (κ1) is 22.0. The Hall–Kier alpha value is -2.80. The number of para-hydroxylation sites is 1. The highest BCUT2D eigenvalue weighted by molar-refractivity contribution is 8.00. The summed E-state index contributed by atoms with van der Waals surface area (Å²) in [4.78, 5) is 3.55. The van der Waals surface area contributed by atoms with Gasteiger partial charge in [0.2, 0.25) is 0 Å². The van der Waals surface area contributed by atoms with Crippen LogP contribution in [0.1, 0.15) is 5.56 Å². The Labute approximate surface area is 204 Å². The zero-order chi connectivity index (χ0) is 22.9. The van der Waals surface area contributed by atoms with Gasteiger partial charge in [0.05, 0.1) is 32.8 Å². The molecule has 0 aliphatic heterocycles. The summed E-state index contributed by atoms with van der Waals surface area (Å²) in [6.07, 6.45) is 4.54. The van der Waals surface area contributed by atoms with E-state index < -0.39 is 0 Å². The summed E-state index contributed by atoms with van der Waals surface area (Å²) in [5.41, 5.74) is 3.94. The number of fused-ring (bicyclic) bond motifs is 2. The van der Waals surface area contributed by atoms with Crippen molar-refractivity contribution in [3.05, 3.63) is 88.4 Å². The van der Waals surface area contributed by atoms with E-state index in [1.54, 1.807) is 24.4 Å². The molecule has 0 atom stereocenters. The zero-order valence-electron chi connectivity index (χ0n) is 17.7. The molecule has 2 heterocycles. The molecular formula is C25H20Cl2FN3OS. The van der Waals surface area contributed by atoms with Crippen molar-refractivity contribution in [3.63, 3.8) is 0 Å². The number of halogens is 3. The standard InChI is InChI=1S/C25H20Cl2FN3OS/c1-31-14-15(17-4-2-3-5-22(17)31)10-11-32-16-6-9-23(20(28)12-16)33-30-21-8-7-18(26)24-19(27)13-29-25(21)24/h2-9,12-14,29-30H,10-11H2,1H3. The van der Waals surface area contributed by atoms with Gasteiger partial charge in [-0.1, -0.05) is 41.4 Å². The smallest absolute Gasteiger partial charge is 0.142 e. The molecule has 168 valence electrons. The molecule has 8 heteroatoms. The molecule has 2 aromatic heterocycles. The van der Waals surface area contributed by atoms with Gasteiger partial charge in [-0.3, -0.25) is 0 Å². The van der Waals surface area contributed by atoms with Crippen molar-refractivity contribution in [1.82, 2.24) is 9.55 Å². The van der Waals surface area contributed by atoms with E-state index in [0.717, 1.165) is 23.0 Å². The van der Waals surface area contributed by atoms with Crippen LogP contribution in [0.5, 0.6) is 5.75 Å². The van der Waals surface area contributed by atoms with E-state index in [0.29, 0.717) is 27.3 Å². The number of H-pyrrole nitrogens is 1. The molecule has 0 saturated carbocycles. The van der Waals surface area contributed by atoms with Gasteiger partial charge in [-0.15, -0.1) is 0 Å². The van der Waals surface area contributed by atoms with Crippen molar-refractivity contribution < 1.29 is 9.13 Å². The number of hydrogen-bond donors (Lipinski definition) is 2. The molecule has 0 fully saturated rings. The number of benzene rings is 3. The minimum absolute atomic E-state index is 0.357. The number of nitrogens with zero attached hydrogens (tertiary/aromatic N) is 1. The predicted octanol–water partition coefficient (Wildman–Crippen LogP) is 7.85. The van der Waals surface area contributed by atoms with Gasteiger partial charge in [0.25, 0.3) is 0 Å². The molecule has 0 spiro atoms. The van der Waals surface area contributed by atoms with Crippen molar-refractivity contribution in [2.75, 3.05) is 11.3 Å². The van der Waals surface area contributed by atoms with Crippen LogP contribution >= 0.6 is 35.1 Å². The molecule has 4 nitrogen and oxygen atoms in total. The van der Waals surface area contributed by atoms with Gasteiger partial charge in [-0.2, -0.15) is 0 Å². The number of hydrogen-bond acceptors (Lipinski definition) is 3. The quantitative estimate of drug-likeness (QED) is 0.224. The lowest BCUT2D eigenvalue weighted by Crippen LogP contribution is -2.01. The van der Waals surface area contributed by atoms with Crippen LogP contribution in [-0.2, 0) is 13.5 Å². The molecule has 0 saturated heterocycles. The third kappa shape index (κ3) is 4.38. The van der Waals surface area contributed by atoms with Crippen LogP contribution in [-0.4, -0.2) is 16.2 Å². The fraction of sp³-hybridized carbons (Fsp3) is 0.120. The molecule has 5 rings (SSSR count). The third-order valence-electron chi connectivity index (χ3n) is 5.53. The third-order valence-corrected chi connectivity index (χ3v) is 7.02. The molecular weight excluding hydrogens is 480 g/mol. The largest absolute Gasteiger partial charge is 0.493 e. The number of anilines is 1. The molecule has 0 unspecified atom stereocenters. The number of aromatic nitrogens is 2. The lowest BCUT2D eigenvalue weighted by molar-refractivity contribution is 0.320. The fourth-order valence-electron chi connectivity index (χ4n) is 3.92. The summed E-state index contributed by atoms with van der Waals surface area (Å²) in [5, 5.41) is 3.05. The fourth-order valence-corrected chi connectivity index (χ4v) is 5.16. The molecule has 0 bridgehead atoms. The highest BCUT2D eigenvalue weighted by Gasteiger charge is 2.12. The second-order valence-electron chi connectivity index (χ2n) is 7.66. The van der Waals surface area contributed by atoms with E-state index in [1.807, 2.05) is 25.2 Å². The normalized spacial score (nSPS) is 11.4. The maximum atomic E-state index is 14.7. The van der Waals surface area contributed by atoms with Gasteiger partial charge >= 0.3 is 0 Å². The number of aromatic amines is 1. The molecule has 0 aliphatic carbocycles. The van der Waals surface area contributed by atoms with Crippen molar-refractivity contribution in [3.8, 4) is 5.75 Å². The molecule has 0 amide bonds. The minimum atomic E-state index is -0.357. The van der Waals surface area contributed by atoms with E-state index in [-0.39, 0.29) is 5.82 Å². The van der Waals surface area contributed by atoms with E-state index in [4.69, 9.17) is 27.9 Å². The van der Waals surface area contributed by atoms with Crippen LogP contribution in [0.15, 0.2) is 71.9 Å². The summed E-state index contributed by atoms with van der Waals surface area (Å²) in [6, 6.07) is 16.7. The Morgan fingerprint density at radius 3 is 2.79 bits per heavy atom. The second-order valence-corrected chi connectivity index (χ2v) is 9.32. The van der Waals surface area contributed by atoms with Gasteiger partial charge in [0.15, 0.2) is 0 Å². The van der Waals surface area contributed by atoms with Gasteiger partial charge in [-0.25, -0.2) is 4.39 Å². The van der Waals surface area contributed by atoms with Crippen molar-refractivity contribution in [2.24, 2.45) is 7.05 Å². The Morgan fingerprint density at radius 2 is 1.94 bits per heavy atom. The van der Waals surface area contributed by atoms with Crippen LogP contribution in [0, 0.1) is 5.82 Å². The summed E-state index contributed by atoms with van der Waals surface area (Å²) in [5.74, 6) is 0.145. The number of ether oxygens (including phenoxy) is 1. The summed E-state index contributed by atoms with van der Waals surface area (Å²) in [6.45, 7) is 0.467. The number of rotatable bonds is 7. The summed E-state index contributed by atoms with van der Waals surface area (Å²) >= 11 is 13.6. The SMILES string of the molecule is Cn1cc(CCOc2ccc(SNc3ccc(Cl)c4c(Cl)c[nH]c34)c(F)c2)c2ccccc21. The van der Waals surface area contributed by atoms with Gasteiger partial charge < -0.3 is 19.0 Å². The van der Waals surface area contributed by atoms with E-state index in [1.165, 1.54) is 34.5 Å². The zero-order valence-corrected chi connectivity index (χ0v) is 20.0. The van der Waals surface area contributed by atoms with E-state index >= 15 is 0 Å². The van der Waals surface area contributed by atoms with Crippen LogP contribution < -0.4 is 9.46 Å². The Morgan fingerprint density at radius 1 is 1.09 bits per heavy atom. The van der Waals surface area contributed by atoms with Crippen LogP contribution in [0.25, 0.3) is 21.8 Å². The highest BCUT2D eigenvalue weighted by atomic mass is 35.5. The maximum absolute atomic E-state index is 14.7. The molecule has 2 N–H and O–H groups in total. The lowest BCUT2D eigenvalue weighted by Gasteiger charge is -2.10. The Balaban J connectivity index is 1.23. The predicted molar refractivity (Wildman–Crippen MR) is 136 cm³/mol. The average molecular weight is 500 g/mol. The van der Waals surface area contributed by atoms with Crippen LogP contribution in [0.3, 0.4) is 0 Å². The first-order chi connectivity index (χ1) is 16.0. The number of nitrogens with one attached hydrogen (secondary N) is 2. The van der Waals surface area contributed by atoms with Crippen LogP contribution in [0.4, 0.5) is 10.1 Å². The highest BCUT2D eigenvalue weighted by Crippen LogP contribution is 2.36.